The Labute approximate surface area is 134 Å². The van der Waals surface area contributed by atoms with E-state index in [-0.39, 0.29) is 12.3 Å². The van der Waals surface area contributed by atoms with E-state index in [0.717, 1.165) is 11.3 Å². The average Bonchev–Trinajstić information content (AvgIpc) is 3.13. The summed E-state index contributed by atoms with van der Waals surface area (Å²) in [6.45, 7) is 1.90. The molecule has 1 fully saturated rings. The zero-order chi connectivity index (χ0) is 15.5. The van der Waals surface area contributed by atoms with Gasteiger partial charge in [-0.1, -0.05) is 24.4 Å². The predicted octanol–water partition coefficient (Wildman–Crippen LogP) is 3.61. The van der Waals surface area contributed by atoms with Crippen LogP contribution in [0.3, 0.4) is 0 Å². The second-order valence-corrected chi connectivity index (χ2v) is 6.25. The van der Waals surface area contributed by atoms with Crippen molar-refractivity contribution in [3.8, 4) is 0 Å². The number of nitrogens with one attached hydrogen (secondary N) is 2. The van der Waals surface area contributed by atoms with E-state index in [0.29, 0.717) is 22.5 Å². The molecule has 6 heteroatoms. The Kier molecular flexibility index (Phi) is 4.43. The Balaban J connectivity index is 1.60. The van der Waals surface area contributed by atoms with Crippen molar-refractivity contribution in [2.24, 2.45) is 0 Å². The number of carbonyl (C=O) groups excluding carboxylic acids is 1. The molecule has 0 atom stereocenters. The summed E-state index contributed by atoms with van der Waals surface area (Å²) in [7, 11) is 0. The molecule has 0 saturated heterocycles. The summed E-state index contributed by atoms with van der Waals surface area (Å²) in [5, 5.41) is 10.6. The number of carbonyl (C=O) groups is 1. The Morgan fingerprint density at radius 1 is 1.41 bits per heavy atom. The summed E-state index contributed by atoms with van der Waals surface area (Å²) in [6, 6.07) is 3.77. The van der Waals surface area contributed by atoms with Crippen molar-refractivity contribution in [2.45, 2.75) is 44.9 Å². The second-order valence-electron chi connectivity index (χ2n) is 5.84. The maximum atomic E-state index is 12.1. The summed E-state index contributed by atoms with van der Waals surface area (Å²) >= 11 is 5.93. The third-order valence-corrected chi connectivity index (χ3v) is 4.50. The Hall–Kier alpha value is -1.88. The molecule has 1 aliphatic rings. The highest BCUT2D eigenvalue weighted by molar-refractivity contribution is 6.31. The highest BCUT2D eigenvalue weighted by atomic mass is 35.5. The van der Waals surface area contributed by atoms with Crippen LogP contribution in [0.5, 0.6) is 0 Å². The van der Waals surface area contributed by atoms with Crippen LogP contribution >= 0.6 is 11.6 Å². The fraction of sp³-hybridized carbons (Fsp3) is 0.438. The molecule has 1 aliphatic carbocycles. The van der Waals surface area contributed by atoms with Crippen molar-refractivity contribution >= 4 is 23.3 Å². The summed E-state index contributed by atoms with van der Waals surface area (Å²) < 4.78 is 0. The van der Waals surface area contributed by atoms with Gasteiger partial charge in [0.15, 0.2) is 5.82 Å². The molecule has 1 amide bonds. The number of hydrogen-bond acceptors (Lipinski definition) is 3. The van der Waals surface area contributed by atoms with Crippen LogP contribution in [0.2, 0.25) is 5.02 Å². The smallest absolute Gasteiger partial charge is 0.231 e. The monoisotopic (exact) mass is 318 g/mol. The van der Waals surface area contributed by atoms with Crippen molar-refractivity contribution < 1.29 is 4.79 Å². The molecule has 2 aromatic heterocycles. The zero-order valence-corrected chi connectivity index (χ0v) is 13.3. The molecule has 0 unspecified atom stereocenters. The Bertz CT molecular complexity index is 677. The van der Waals surface area contributed by atoms with E-state index in [9.17, 15) is 4.79 Å². The van der Waals surface area contributed by atoms with Gasteiger partial charge in [0.1, 0.15) is 0 Å². The topological polar surface area (TPSA) is 70.7 Å². The molecule has 0 aliphatic heterocycles. The molecule has 0 bridgehead atoms. The van der Waals surface area contributed by atoms with E-state index in [1.807, 2.05) is 19.1 Å². The highest BCUT2D eigenvalue weighted by Crippen LogP contribution is 2.33. The number of anilines is 1. The maximum Gasteiger partial charge on any atom is 0.231 e. The molecule has 5 nitrogen and oxygen atoms in total. The number of halogens is 1. The van der Waals surface area contributed by atoms with E-state index in [1.54, 1.807) is 6.20 Å². The first-order valence-corrected chi connectivity index (χ1v) is 7.96. The van der Waals surface area contributed by atoms with E-state index in [2.05, 4.69) is 20.5 Å². The lowest BCUT2D eigenvalue weighted by molar-refractivity contribution is -0.115. The molecular weight excluding hydrogens is 300 g/mol. The Morgan fingerprint density at radius 3 is 2.91 bits per heavy atom. The van der Waals surface area contributed by atoms with Gasteiger partial charge in [0.05, 0.1) is 17.1 Å². The average molecular weight is 319 g/mol. The van der Waals surface area contributed by atoms with Crippen molar-refractivity contribution in [3.05, 3.63) is 40.3 Å². The molecule has 0 spiro atoms. The van der Waals surface area contributed by atoms with Crippen LogP contribution in [-0.2, 0) is 11.2 Å². The quantitative estimate of drug-likeness (QED) is 0.904. The van der Waals surface area contributed by atoms with Gasteiger partial charge in [0, 0.05) is 23.9 Å². The highest BCUT2D eigenvalue weighted by Gasteiger charge is 2.19. The molecule has 116 valence electrons. The lowest BCUT2D eigenvalue weighted by Gasteiger charge is -2.04. The van der Waals surface area contributed by atoms with Crippen molar-refractivity contribution in [1.29, 1.82) is 0 Å². The number of H-pyrrole nitrogens is 1. The number of hydrogen-bond donors (Lipinski definition) is 2. The normalized spacial score (nSPS) is 15.2. The Morgan fingerprint density at radius 2 is 2.18 bits per heavy atom. The number of pyridine rings is 1. The van der Waals surface area contributed by atoms with Crippen molar-refractivity contribution in [3.63, 3.8) is 0 Å². The van der Waals surface area contributed by atoms with Gasteiger partial charge in [-0.15, -0.1) is 0 Å². The summed E-state index contributed by atoms with van der Waals surface area (Å²) in [4.78, 5) is 16.2. The van der Waals surface area contributed by atoms with E-state index in [1.165, 1.54) is 25.7 Å². The molecular formula is C16H19ClN4O. The lowest BCUT2D eigenvalue weighted by Crippen LogP contribution is -2.15. The van der Waals surface area contributed by atoms with Crippen LogP contribution in [0.25, 0.3) is 0 Å². The van der Waals surface area contributed by atoms with E-state index in [4.69, 9.17) is 11.6 Å². The van der Waals surface area contributed by atoms with Gasteiger partial charge in [0.25, 0.3) is 0 Å². The van der Waals surface area contributed by atoms with Gasteiger partial charge in [-0.05, 0) is 31.4 Å². The van der Waals surface area contributed by atoms with Gasteiger partial charge in [-0.2, -0.15) is 5.10 Å². The minimum Gasteiger partial charge on any atom is -0.309 e. The minimum absolute atomic E-state index is 0.126. The minimum atomic E-state index is -0.126. The maximum absolute atomic E-state index is 12.1. The zero-order valence-electron chi connectivity index (χ0n) is 12.5. The first-order valence-electron chi connectivity index (χ1n) is 7.58. The molecule has 0 radical (unpaired) electrons. The number of nitrogens with zero attached hydrogens (tertiary/aromatic N) is 2. The van der Waals surface area contributed by atoms with Crippen LogP contribution in [0.15, 0.2) is 18.3 Å². The third kappa shape index (κ3) is 3.47. The number of aryl methyl sites for hydroxylation is 1. The van der Waals surface area contributed by atoms with Gasteiger partial charge >= 0.3 is 0 Å². The summed E-state index contributed by atoms with van der Waals surface area (Å²) in [5.41, 5.74) is 2.74. The number of aromatic amines is 1. The molecule has 22 heavy (non-hydrogen) atoms. The van der Waals surface area contributed by atoms with Gasteiger partial charge in [-0.3, -0.25) is 14.9 Å². The largest absolute Gasteiger partial charge is 0.309 e. The predicted molar refractivity (Wildman–Crippen MR) is 86.1 cm³/mol. The van der Waals surface area contributed by atoms with Crippen LogP contribution in [0.1, 0.15) is 48.6 Å². The molecule has 2 aromatic rings. The summed E-state index contributed by atoms with van der Waals surface area (Å²) in [6.07, 6.45) is 6.73. The van der Waals surface area contributed by atoms with Gasteiger partial charge < -0.3 is 5.32 Å². The molecule has 2 heterocycles. The number of amides is 1. The van der Waals surface area contributed by atoms with E-state index >= 15 is 0 Å². The SMILES string of the molecule is Cc1cc(CC(=O)Nc2cc(C3CCCC3)[nH]n2)ncc1Cl. The first kappa shape index (κ1) is 15.0. The molecule has 3 rings (SSSR count). The number of rotatable bonds is 4. The first-order chi connectivity index (χ1) is 10.6. The molecule has 2 N–H and O–H groups in total. The second kappa shape index (κ2) is 6.48. The van der Waals surface area contributed by atoms with Crippen LogP contribution < -0.4 is 5.32 Å². The standard InChI is InChI=1S/C16H19ClN4O/c1-10-6-12(18-9-13(10)17)7-16(22)19-15-8-14(20-21-15)11-4-2-3-5-11/h6,8-9,11H,2-5,7H2,1H3,(H2,19,20,21,22). The van der Waals surface area contributed by atoms with Crippen LogP contribution in [0.4, 0.5) is 5.82 Å². The fourth-order valence-corrected chi connectivity index (χ4v) is 3.00. The fourth-order valence-electron chi connectivity index (χ4n) is 2.89. The lowest BCUT2D eigenvalue weighted by atomic mass is 10.0. The molecule has 1 saturated carbocycles. The van der Waals surface area contributed by atoms with Crippen molar-refractivity contribution in [2.75, 3.05) is 5.32 Å². The number of aromatic nitrogens is 3. The van der Waals surface area contributed by atoms with Gasteiger partial charge in [-0.25, -0.2) is 0 Å². The van der Waals surface area contributed by atoms with Crippen molar-refractivity contribution in [1.82, 2.24) is 15.2 Å². The van der Waals surface area contributed by atoms with E-state index < -0.39 is 0 Å². The third-order valence-electron chi connectivity index (χ3n) is 4.11. The summed E-state index contributed by atoms with van der Waals surface area (Å²) in [5.74, 6) is 1.01. The van der Waals surface area contributed by atoms with Crippen LogP contribution in [-0.4, -0.2) is 21.1 Å². The van der Waals surface area contributed by atoms with Crippen LogP contribution in [0, 0.1) is 6.92 Å². The van der Waals surface area contributed by atoms with Gasteiger partial charge in [0.2, 0.25) is 5.91 Å². The molecule has 0 aromatic carbocycles.